The largest absolute Gasteiger partial charge is 0.480 e. The molecule has 2 unspecified atom stereocenters. The summed E-state index contributed by atoms with van der Waals surface area (Å²) in [6.45, 7) is 11.8. The van der Waals surface area contributed by atoms with Crippen molar-refractivity contribution in [3.8, 4) is 0 Å². The lowest BCUT2D eigenvalue weighted by Crippen LogP contribution is -2.44. The van der Waals surface area contributed by atoms with Gasteiger partial charge in [-0.05, 0) is 69.6 Å². The monoisotopic (exact) mass is 404 g/mol. The molecule has 0 bridgehead atoms. The number of anilines is 1. The first-order valence-electron chi connectivity index (χ1n) is 10.7. The van der Waals surface area contributed by atoms with E-state index in [4.69, 9.17) is 4.74 Å². The lowest BCUT2D eigenvalue weighted by Gasteiger charge is -2.32. The van der Waals surface area contributed by atoms with Crippen molar-refractivity contribution in [3.05, 3.63) is 29.3 Å². The van der Waals surface area contributed by atoms with Gasteiger partial charge < -0.3 is 20.1 Å². The van der Waals surface area contributed by atoms with E-state index in [0.29, 0.717) is 5.92 Å². The molecule has 0 aliphatic carbocycles. The maximum atomic E-state index is 12.0. The highest BCUT2D eigenvalue weighted by Gasteiger charge is 2.25. The summed E-state index contributed by atoms with van der Waals surface area (Å²) in [6, 6.07) is 5.19. The van der Waals surface area contributed by atoms with Crippen molar-refractivity contribution in [2.45, 2.75) is 84.3 Å². The summed E-state index contributed by atoms with van der Waals surface area (Å²) in [4.78, 5) is 26.2. The van der Waals surface area contributed by atoms with Gasteiger partial charge in [0.2, 0.25) is 0 Å². The highest BCUT2D eigenvalue weighted by Crippen LogP contribution is 2.32. The van der Waals surface area contributed by atoms with E-state index < -0.39 is 23.7 Å². The fourth-order valence-electron chi connectivity index (χ4n) is 3.65. The van der Waals surface area contributed by atoms with Gasteiger partial charge in [-0.3, -0.25) is 0 Å². The fourth-order valence-corrected chi connectivity index (χ4v) is 3.65. The van der Waals surface area contributed by atoms with E-state index in [1.165, 1.54) is 30.5 Å². The van der Waals surface area contributed by atoms with Gasteiger partial charge in [-0.15, -0.1) is 0 Å². The molecule has 1 fully saturated rings. The van der Waals surface area contributed by atoms with E-state index in [2.05, 4.69) is 36.2 Å². The number of carboxylic acid groups (broad SMARTS) is 1. The van der Waals surface area contributed by atoms with Crippen LogP contribution >= 0.6 is 0 Å². The number of carboxylic acids is 1. The van der Waals surface area contributed by atoms with Crippen molar-refractivity contribution in [1.29, 1.82) is 0 Å². The zero-order valence-electron chi connectivity index (χ0n) is 18.5. The average molecular weight is 405 g/mol. The van der Waals surface area contributed by atoms with Gasteiger partial charge >= 0.3 is 12.1 Å². The first-order valence-corrected chi connectivity index (χ1v) is 10.7. The maximum absolute atomic E-state index is 12.0. The Morgan fingerprint density at radius 1 is 1.21 bits per heavy atom. The van der Waals surface area contributed by atoms with Gasteiger partial charge in [0.25, 0.3) is 0 Å². The summed E-state index contributed by atoms with van der Waals surface area (Å²) < 4.78 is 5.21. The number of aliphatic carboxylic acids is 1. The molecule has 1 saturated heterocycles. The fraction of sp³-hybridized carbons (Fsp3) is 0.652. The quantitative estimate of drug-likeness (QED) is 0.688. The lowest BCUT2D eigenvalue weighted by atomic mass is 9.92. The Morgan fingerprint density at radius 3 is 2.41 bits per heavy atom. The van der Waals surface area contributed by atoms with E-state index >= 15 is 0 Å². The number of alkyl carbamates (subject to hydrolysis) is 1. The van der Waals surface area contributed by atoms with Crippen LogP contribution in [0.2, 0.25) is 0 Å². The number of carbonyl (C=O) groups excluding carboxylic acids is 1. The molecule has 1 aromatic rings. The summed E-state index contributed by atoms with van der Waals surface area (Å²) in [5, 5.41) is 12.1. The third-order valence-electron chi connectivity index (χ3n) is 5.36. The molecule has 162 valence electrons. The molecule has 0 spiro atoms. The molecule has 0 saturated carbocycles. The second-order valence-electron chi connectivity index (χ2n) is 8.99. The summed E-state index contributed by atoms with van der Waals surface area (Å²) in [5.41, 5.74) is 2.75. The number of nitrogens with one attached hydrogen (secondary N) is 1. The predicted molar refractivity (Wildman–Crippen MR) is 116 cm³/mol. The number of ether oxygens (including phenoxy) is 1. The summed E-state index contributed by atoms with van der Waals surface area (Å²) >= 11 is 0. The van der Waals surface area contributed by atoms with Gasteiger partial charge in [0, 0.05) is 25.2 Å². The number of hydrogen-bond donors (Lipinski definition) is 2. The van der Waals surface area contributed by atoms with Gasteiger partial charge in [0.1, 0.15) is 11.6 Å². The molecular weight excluding hydrogens is 368 g/mol. The van der Waals surface area contributed by atoms with Crippen LogP contribution in [0.4, 0.5) is 10.5 Å². The second kappa shape index (κ2) is 9.99. The van der Waals surface area contributed by atoms with Crippen molar-refractivity contribution in [1.82, 2.24) is 5.32 Å². The van der Waals surface area contributed by atoms with Crippen molar-refractivity contribution in [2.75, 3.05) is 18.0 Å². The van der Waals surface area contributed by atoms with Crippen molar-refractivity contribution in [3.63, 3.8) is 0 Å². The molecule has 2 N–H and O–H groups in total. The Bertz CT molecular complexity index is 705. The van der Waals surface area contributed by atoms with Crippen LogP contribution in [0.1, 0.15) is 77.3 Å². The molecular formula is C23H36N2O4. The zero-order chi connectivity index (χ0) is 21.6. The number of hydrogen-bond acceptors (Lipinski definition) is 4. The molecule has 1 amide bonds. The van der Waals surface area contributed by atoms with Crippen molar-refractivity contribution < 1.29 is 19.4 Å². The molecule has 6 heteroatoms. The topological polar surface area (TPSA) is 78.9 Å². The SMILES string of the molecule is CCC(C)c1cc(CC(NC(=O)OC(C)(C)C)C(=O)O)ccc1N1CCCCC1. The van der Waals surface area contributed by atoms with Gasteiger partial charge in [-0.25, -0.2) is 9.59 Å². The third-order valence-corrected chi connectivity index (χ3v) is 5.36. The molecule has 2 atom stereocenters. The van der Waals surface area contributed by atoms with E-state index in [1.54, 1.807) is 20.8 Å². The molecule has 0 aromatic heterocycles. The van der Waals surface area contributed by atoms with Crippen LogP contribution in [0.5, 0.6) is 0 Å². The van der Waals surface area contributed by atoms with Gasteiger partial charge in [-0.1, -0.05) is 26.0 Å². The molecule has 1 aromatic carbocycles. The molecule has 29 heavy (non-hydrogen) atoms. The molecule has 1 aliphatic rings. The minimum atomic E-state index is -1.07. The van der Waals surface area contributed by atoms with E-state index in [1.807, 2.05) is 6.07 Å². The Hall–Kier alpha value is -2.24. The van der Waals surface area contributed by atoms with Crippen LogP contribution in [0.3, 0.4) is 0 Å². The summed E-state index contributed by atoms with van der Waals surface area (Å²) in [5.74, 6) is -0.685. The Balaban J connectivity index is 2.21. The van der Waals surface area contributed by atoms with Gasteiger partial charge in [0.15, 0.2) is 0 Å². The maximum Gasteiger partial charge on any atom is 0.408 e. The number of piperidine rings is 1. The standard InChI is InChI=1S/C23H36N2O4/c1-6-16(2)18-14-17(10-11-20(18)25-12-8-7-9-13-25)15-19(21(26)27)24-22(28)29-23(3,4)5/h10-11,14,16,19H,6-9,12-13,15H2,1-5H3,(H,24,28)(H,26,27). The van der Waals surface area contributed by atoms with Gasteiger partial charge in [0.05, 0.1) is 0 Å². The van der Waals surface area contributed by atoms with E-state index in [-0.39, 0.29) is 6.42 Å². The van der Waals surface area contributed by atoms with Crippen molar-refractivity contribution >= 4 is 17.7 Å². The number of carbonyl (C=O) groups is 2. The molecule has 0 radical (unpaired) electrons. The minimum absolute atomic E-state index is 0.221. The number of rotatable bonds is 7. The van der Waals surface area contributed by atoms with E-state index in [9.17, 15) is 14.7 Å². The highest BCUT2D eigenvalue weighted by molar-refractivity contribution is 5.80. The zero-order valence-corrected chi connectivity index (χ0v) is 18.5. The number of amides is 1. The van der Waals surface area contributed by atoms with Crippen LogP contribution in [-0.2, 0) is 16.0 Å². The van der Waals surface area contributed by atoms with Crippen LogP contribution in [0.15, 0.2) is 18.2 Å². The molecule has 6 nitrogen and oxygen atoms in total. The highest BCUT2D eigenvalue weighted by atomic mass is 16.6. The normalized spacial score (nSPS) is 16.8. The number of benzene rings is 1. The van der Waals surface area contributed by atoms with E-state index in [0.717, 1.165) is 25.1 Å². The van der Waals surface area contributed by atoms with Crippen LogP contribution in [0.25, 0.3) is 0 Å². The molecule has 1 heterocycles. The minimum Gasteiger partial charge on any atom is -0.480 e. The summed E-state index contributed by atoms with van der Waals surface area (Å²) in [6.07, 6.45) is 4.23. The Labute approximate surface area is 174 Å². The van der Waals surface area contributed by atoms with Crippen LogP contribution in [0, 0.1) is 0 Å². The van der Waals surface area contributed by atoms with Crippen molar-refractivity contribution in [2.24, 2.45) is 0 Å². The Morgan fingerprint density at radius 2 is 1.86 bits per heavy atom. The first-order chi connectivity index (χ1) is 13.6. The third kappa shape index (κ3) is 6.94. The number of nitrogens with zero attached hydrogens (tertiary/aromatic N) is 1. The molecule has 2 rings (SSSR count). The first kappa shape index (κ1) is 23.0. The van der Waals surface area contributed by atoms with Crippen LogP contribution in [-0.4, -0.2) is 41.9 Å². The smallest absolute Gasteiger partial charge is 0.408 e. The average Bonchev–Trinajstić information content (AvgIpc) is 2.66. The van der Waals surface area contributed by atoms with Crippen LogP contribution < -0.4 is 10.2 Å². The summed E-state index contributed by atoms with van der Waals surface area (Å²) in [7, 11) is 0. The lowest BCUT2D eigenvalue weighted by molar-refractivity contribution is -0.139. The van der Waals surface area contributed by atoms with Gasteiger partial charge in [-0.2, -0.15) is 0 Å². The molecule has 1 aliphatic heterocycles. The predicted octanol–water partition coefficient (Wildman–Crippen LogP) is 4.71. The second-order valence-corrected chi connectivity index (χ2v) is 8.99. The Kier molecular flexibility index (Phi) is 7.94.